The summed E-state index contributed by atoms with van der Waals surface area (Å²) in [5, 5.41) is 3.87. The van der Waals surface area contributed by atoms with Crippen LogP contribution in [0.1, 0.15) is 16.7 Å². The van der Waals surface area contributed by atoms with E-state index < -0.39 is 47.1 Å². The van der Waals surface area contributed by atoms with E-state index in [1.54, 1.807) is 30.3 Å². The topological polar surface area (TPSA) is 67.4 Å². The number of alkyl halides is 6. The van der Waals surface area contributed by atoms with Gasteiger partial charge in [-0.1, -0.05) is 29.8 Å². The van der Waals surface area contributed by atoms with Gasteiger partial charge in [0.05, 0.1) is 21.9 Å². The Kier molecular flexibility index (Phi) is 8.98. The van der Waals surface area contributed by atoms with Crippen LogP contribution in [-0.4, -0.2) is 17.8 Å². The van der Waals surface area contributed by atoms with E-state index in [2.05, 4.69) is 10.6 Å². The Bertz CT molecular complexity index is 1270. The molecule has 0 fully saturated rings. The molecule has 0 saturated carbocycles. The minimum Gasteiger partial charge on any atom is -0.444 e. The molecule has 0 heterocycles. The monoisotopic (exact) mass is 562 g/mol. The summed E-state index contributed by atoms with van der Waals surface area (Å²) in [5.74, 6) is -0.615. The second-order valence-corrected chi connectivity index (χ2v) is 8.92. The Hall–Kier alpha value is -3.38. The number of halogens is 7. The summed E-state index contributed by atoms with van der Waals surface area (Å²) in [7, 11) is 0. The lowest BCUT2D eigenvalue weighted by Gasteiger charge is -2.14. The molecule has 0 aliphatic heterocycles. The van der Waals surface area contributed by atoms with Gasteiger partial charge >= 0.3 is 18.4 Å². The molecule has 3 aromatic carbocycles. The van der Waals surface area contributed by atoms with E-state index in [4.69, 9.17) is 16.3 Å². The van der Waals surface area contributed by atoms with Gasteiger partial charge in [0, 0.05) is 16.3 Å². The molecule has 0 aliphatic carbocycles. The molecular formula is C24H17ClF6N2O3S. The summed E-state index contributed by atoms with van der Waals surface area (Å²) in [6.45, 7) is -0.656. The molecule has 13 heteroatoms. The van der Waals surface area contributed by atoms with Gasteiger partial charge in [-0.2, -0.15) is 26.3 Å². The van der Waals surface area contributed by atoms with Crippen molar-refractivity contribution in [2.24, 2.45) is 0 Å². The number of rotatable bonds is 7. The highest BCUT2D eigenvalue weighted by atomic mass is 35.5. The largest absolute Gasteiger partial charge is 0.444 e. The van der Waals surface area contributed by atoms with Gasteiger partial charge < -0.3 is 10.1 Å². The van der Waals surface area contributed by atoms with Crippen LogP contribution in [0.3, 0.4) is 0 Å². The van der Waals surface area contributed by atoms with Gasteiger partial charge in [0.25, 0.3) is 0 Å². The molecule has 0 aliphatic rings. The Labute approximate surface area is 216 Å². The number of amides is 2. The third-order valence-corrected chi connectivity index (χ3v) is 5.95. The maximum Gasteiger partial charge on any atom is 0.417 e. The van der Waals surface area contributed by atoms with Gasteiger partial charge in [0.2, 0.25) is 5.91 Å². The third kappa shape index (κ3) is 8.60. The fourth-order valence-corrected chi connectivity index (χ4v) is 3.94. The van der Waals surface area contributed by atoms with E-state index in [1.807, 2.05) is 0 Å². The predicted molar refractivity (Wildman–Crippen MR) is 128 cm³/mol. The van der Waals surface area contributed by atoms with E-state index >= 15 is 0 Å². The van der Waals surface area contributed by atoms with E-state index in [-0.39, 0.29) is 22.7 Å². The molecule has 5 nitrogen and oxygen atoms in total. The maximum atomic E-state index is 13.4. The Morgan fingerprint density at radius 2 is 1.54 bits per heavy atom. The van der Waals surface area contributed by atoms with Crippen molar-refractivity contribution in [3.05, 3.63) is 88.4 Å². The number of carbonyl (C=O) groups excluding carboxylic acids is 2. The highest BCUT2D eigenvalue weighted by Gasteiger charge is 2.34. The van der Waals surface area contributed by atoms with Crippen molar-refractivity contribution in [1.29, 1.82) is 0 Å². The van der Waals surface area contributed by atoms with Crippen molar-refractivity contribution in [2.75, 3.05) is 16.4 Å². The van der Waals surface area contributed by atoms with Crippen molar-refractivity contribution >= 4 is 46.7 Å². The van der Waals surface area contributed by atoms with Crippen LogP contribution in [0.5, 0.6) is 0 Å². The number of thioether (sulfide) groups is 1. The van der Waals surface area contributed by atoms with Gasteiger partial charge in [-0.15, -0.1) is 11.8 Å². The van der Waals surface area contributed by atoms with Crippen LogP contribution >= 0.6 is 23.4 Å². The van der Waals surface area contributed by atoms with E-state index in [0.29, 0.717) is 6.07 Å². The van der Waals surface area contributed by atoms with Crippen LogP contribution in [0, 0.1) is 0 Å². The minimum atomic E-state index is -4.77. The molecule has 0 aromatic heterocycles. The van der Waals surface area contributed by atoms with Crippen LogP contribution in [-0.2, 0) is 28.5 Å². The van der Waals surface area contributed by atoms with E-state index in [1.165, 1.54) is 17.8 Å². The normalized spacial score (nSPS) is 11.6. The summed E-state index contributed by atoms with van der Waals surface area (Å²) in [4.78, 5) is 25.1. The number of hydrogen-bond donors (Lipinski definition) is 2. The molecule has 2 N–H and O–H groups in total. The summed E-state index contributed by atoms with van der Waals surface area (Å²) >= 11 is 6.71. The Morgan fingerprint density at radius 3 is 2.19 bits per heavy atom. The fraction of sp³-hybridized carbons (Fsp3) is 0.167. The molecule has 0 spiro atoms. The van der Waals surface area contributed by atoms with Gasteiger partial charge in [-0.3, -0.25) is 10.1 Å². The van der Waals surface area contributed by atoms with Crippen LogP contribution in [0.15, 0.2) is 71.6 Å². The first-order valence-electron chi connectivity index (χ1n) is 10.3. The number of benzene rings is 3. The Balaban J connectivity index is 1.67. The lowest BCUT2D eigenvalue weighted by atomic mass is 10.1. The second-order valence-electron chi connectivity index (χ2n) is 7.46. The number of nitrogens with one attached hydrogen (secondary N) is 2. The zero-order chi connectivity index (χ0) is 27.2. The molecule has 3 rings (SSSR count). The lowest BCUT2D eigenvalue weighted by Crippen LogP contribution is -2.17. The highest BCUT2D eigenvalue weighted by Crippen LogP contribution is 2.36. The van der Waals surface area contributed by atoms with E-state index in [9.17, 15) is 35.9 Å². The molecular weight excluding hydrogens is 546 g/mol. The number of hydrogen-bond acceptors (Lipinski definition) is 4. The summed E-state index contributed by atoms with van der Waals surface area (Å²) < 4.78 is 83.9. The molecule has 0 radical (unpaired) electrons. The number of ether oxygens (including phenoxy) is 1. The maximum absolute atomic E-state index is 13.4. The molecule has 196 valence electrons. The van der Waals surface area contributed by atoms with Crippen molar-refractivity contribution in [1.82, 2.24) is 0 Å². The SMILES string of the molecule is O=C(CSc1ccccc1)Nc1cc(COC(=O)Nc2ccc(Cl)c(C(F)(F)F)c2)cc(C(F)(F)F)c1. The average molecular weight is 563 g/mol. The van der Waals surface area contributed by atoms with Crippen LogP contribution < -0.4 is 10.6 Å². The molecule has 0 atom stereocenters. The van der Waals surface area contributed by atoms with Gasteiger partial charge in [0.15, 0.2) is 0 Å². The average Bonchev–Trinajstić information content (AvgIpc) is 2.82. The van der Waals surface area contributed by atoms with Crippen molar-refractivity contribution < 1.29 is 40.7 Å². The molecule has 0 bridgehead atoms. The quantitative estimate of drug-likeness (QED) is 0.227. The fourth-order valence-electron chi connectivity index (χ4n) is 3.00. The summed E-state index contributed by atoms with van der Waals surface area (Å²) in [6.07, 6.45) is -10.7. The zero-order valence-electron chi connectivity index (χ0n) is 18.5. The standard InChI is InChI=1S/C24H17ClF6N2O3S/c25-20-7-6-16(11-19(20)24(29,30)31)33-22(35)36-12-14-8-15(23(26,27)28)10-17(9-14)32-21(34)13-37-18-4-2-1-3-5-18/h1-11H,12-13H2,(H,32,34)(H,33,35). The molecule has 0 saturated heterocycles. The van der Waals surface area contributed by atoms with Crippen molar-refractivity contribution in [3.8, 4) is 0 Å². The van der Waals surface area contributed by atoms with Crippen LogP contribution in [0.25, 0.3) is 0 Å². The van der Waals surface area contributed by atoms with Crippen LogP contribution in [0.4, 0.5) is 42.5 Å². The lowest BCUT2D eigenvalue weighted by molar-refractivity contribution is -0.138. The summed E-state index contributed by atoms with van der Waals surface area (Å²) in [6, 6.07) is 14.2. The highest BCUT2D eigenvalue weighted by molar-refractivity contribution is 8.00. The first-order valence-corrected chi connectivity index (χ1v) is 11.7. The first-order chi connectivity index (χ1) is 17.3. The molecule has 37 heavy (non-hydrogen) atoms. The zero-order valence-corrected chi connectivity index (χ0v) is 20.1. The minimum absolute atomic E-state index is 0.0600. The molecule has 2 amide bonds. The van der Waals surface area contributed by atoms with Crippen molar-refractivity contribution in [2.45, 2.75) is 23.9 Å². The van der Waals surface area contributed by atoms with Gasteiger partial charge in [-0.05, 0) is 54.1 Å². The number of carbonyl (C=O) groups is 2. The predicted octanol–water partition coefficient (Wildman–Crippen LogP) is 7.86. The molecule has 0 unspecified atom stereocenters. The summed E-state index contributed by atoms with van der Waals surface area (Å²) in [5.41, 5.74) is -2.83. The Morgan fingerprint density at radius 1 is 0.838 bits per heavy atom. The first kappa shape index (κ1) is 28.2. The third-order valence-electron chi connectivity index (χ3n) is 4.61. The smallest absolute Gasteiger partial charge is 0.417 e. The van der Waals surface area contributed by atoms with Crippen molar-refractivity contribution in [3.63, 3.8) is 0 Å². The van der Waals surface area contributed by atoms with Gasteiger partial charge in [-0.25, -0.2) is 4.79 Å². The van der Waals surface area contributed by atoms with Gasteiger partial charge in [0.1, 0.15) is 6.61 Å². The second kappa shape index (κ2) is 11.8. The van der Waals surface area contributed by atoms with E-state index in [0.717, 1.165) is 29.2 Å². The molecule has 3 aromatic rings. The van der Waals surface area contributed by atoms with Crippen LogP contribution in [0.2, 0.25) is 5.02 Å². The number of anilines is 2.